The molecule has 0 spiro atoms. The van der Waals surface area contributed by atoms with E-state index in [1.165, 1.54) is 11.1 Å². The molecule has 4 heteroatoms. The first-order chi connectivity index (χ1) is 12.6. The lowest BCUT2D eigenvalue weighted by atomic mass is 10.1. The third kappa shape index (κ3) is 3.44. The standard InChI is InChI=1S/C22H19ClN2O/c1-14-10-20-21(11-15(14)2)25-22(24-20)17-4-3-5-19(12-17)26-13-16-6-8-18(23)9-7-16/h3-12H,13H2,1-2H3,(H,24,25). The van der Waals surface area contributed by atoms with Crippen molar-refractivity contribution < 1.29 is 4.74 Å². The Hall–Kier alpha value is -2.78. The maximum Gasteiger partial charge on any atom is 0.138 e. The Bertz CT molecular complexity index is 1030. The average Bonchev–Trinajstić information content (AvgIpc) is 3.05. The van der Waals surface area contributed by atoms with E-state index in [-0.39, 0.29) is 0 Å². The Balaban J connectivity index is 1.58. The topological polar surface area (TPSA) is 37.9 Å². The number of hydrogen-bond acceptors (Lipinski definition) is 2. The van der Waals surface area contributed by atoms with E-state index in [1.807, 2.05) is 48.5 Å². The average molecular weight is 363 g/mol. The van der Waals surface area contributed by atoms with Gasteiger partial charge >= 0.3 is 0 Å². The molecular weight excluding hydrogens is 344 g/mol. The van der Waals surface area contributed by atoms with Gasteiger partial charge in [-0.3, -0.25) is 0 Å². The van der Waals surface area contributed by atoms with Crippen LogP contribution in [0.25, 0.3) is 22.4 Å². The SMILES string of the molecule is Cc1cc2nc(-c3cccc(OCc4ccc(Cl)cc4)c3)[nH]c2cc1C. The van der Waals surface area contributed by atoms with Crippen LogP contribution in [0.2, 0.25) is 5.02 Å². The number of nitrogens with zero attached hydrogens (tertiary/aromatic N) is 1. The van der Waals surface area contributed by atoms with E-state index in [1.54, 1.807) is 0 Å². The van der Waals surface area contributed by atoms with Gasteiger partial charge in [0.25, 0.3) is 0 Å². The number of aryl methyl sites for hydroxylation is 2. The van der Waals surface area contributed by atoms with Crippen LogP contribution in [0.1, 0.15) is 16.7 Å². The molecule has 0 amide bonds. The summed E-state index contributed by atoms with van der Waals surface area (Å²) in [4.78, 5) is 8.13. The molecule has 0 radical (unpaired) electrons. The van der Waals surface area contributed by atoms with Gasteiger partial charge in [-0.2, -0.15) is 0 Å². The molecule has 1 aromatic heterocycles. The second-order valence-electron chi connectivity index (χ2n) is 6.48. The molecule has 4 aromatic rings. The minimum Gasteiger partial charge on any atom is -0.489 e. The molecule has 1 N–H and O–H groups in total. The predicted molar refractivity (Wildman–Crippen MR) is 107 cm³/mol. The highest BCUT2D eigenvalue weighted by atomic mass is 35.5. The Morgan fingerprint density at radius 2 is 1.73 bits per heavy atom. The Morgan fingerprint density at radius 1 is 0.962 bits per heavy atom. The molecule has 0 fully saturated rings. The fourth-order valence-corrected chi connectivity index (χ4v) is 3.01. The lowest BCUT2D eigenvalue weighted by Crippen LogP contribution is -1.95. The molecule has 0 saturated heterocycles. The van der Waals surface area contributed by atoms with E-state index in [4.69, 9.17) is 21.3 Å². The van der Waals surface area contributed by atoms with Crippen molar-refractivity contribution >= 4 is 22.6 Å². The minimum atomic E-state index is 0.499. The maximum atomic E-state index is 5.92. The van der Waals surface area contributed by atoms with Gasteiger partial charge in [0, 0.05) is 10.6 Å². The molecule has 130 valence electrons. The van der Waals surface area contributed by atoms with Gasteiger partial charge in [0.2, 0.25) is 0 Å². The van der Waals surface area contributed by atoms with Crippen molar-refractivity contribution in [2.45, 2.75) is 20.5 Å². The van der Waals surface area contributed by atoms with Crippen LogP contribution >= 0.6 is 11.6 Å². The van der Waals surface area contributed by atoms with Crippen molar-refractivity contribution in [3.05, 3.63) is 82.4 Å². The first kappa shape index (κ1) is 16.7. The molecule has 0 aliphatic heterocycles. The van der Waals surface area contributed by atoms with Gasteiger partial charge < -0.3 is 9.72 Å². The molecule has 0 bridgehead atoms. The number of halogens is 1. The zero-order valence-electron chi connectivity index (χ0n) is 14.7. The van der Waals surface area contributed by atoms with Crippen molar-refractivity contribution in [2.75, 3.05) is 0 Å². The normalized spacial score (nSPS) is 11.0. The van der Waals surface area contributed by atoms with E-state index >= 15 is 0 Å². The number of aromatic amines is 1. The van der Waals surface area contributed by atoms with Gasteiger partial charge in [-0.15, -0.1) is 0 Å². The highest BCUT2D eigenvalue weighted by Crippen LogP contribution is 2.26. The van der Waals surface area contributed by atoms with E-state index in [0.717, 1.165) is 38.8 Å². The molecule has 0 saturated carbocycles. The van der Waals surface area contributed by atoms with Gasteiger partial charge in [-0.05, 0) is 66.9 Å². The summed E-state index contributed by atoms with van der Waals surface area (Å²) < 4.78 is 5.92. The van der Waals surface area contributed by atoms with Crippen LogP contribution in [0.3, 0.4) is 0 Å². The van der Waals surface area contributed by atoms with Crippen molar-refractivity contribution in [3.8, 4) is 17.1 Å². The number of nitrogens with one attached hydrogen (secondary N) is 1. The van der Waals surface area contributed by atoms with Gasteiger partial charge in [0.1, 0.15) is 18.2 Å². The smallest absolute Gasteiger partial charge is 0.138 e. The zero-order valence-corrected chi connectivity index (χ0v) is 15.5. The molecule has 26 heavy (non-hydrogen) atoms. The molecule has 1 heterocycles. The van der Waals surface area contributed by atoms with Crippen LogP contribution in [0.4, 0.5) is 0 Å². The summed E-state index contributed by atoms with van der Waals surface area (Å²) in [6.07, 6.45) is 0. The number of ether oxygens (including phenoxy) is 1. The first-order valence-corrected chi connectivity index (χ1v) is 8.91. The molecule has 0 aliphatic carbocycles. The number of rotatable bonds is 4. The summed E-state index contributed by atoms with van der Waals surface area (Å²) in [7, 11) is 0. The minimum absolute atomic E-state index is 0.499. The largest absolute Gasteiger partial charge is 0.489 e. The summed E-state index contributed by atoms with van der Waals surface area (Å²) >= 11 is 5.92. The highest BCUT2D eigenvalue weighted by molar-refractivity contribution is 6.30. The van der Waals surface area contributed by atoms with Gasteiger partial charge in [-0.25, -0.2) is 4.98 Å². The first-order valence-electron chi connectivity index (χ1n) is 8.53. The maximum absolute atomic E-state index is 5.92. The third-order valence-electron chi connectivity index (χ3n) is 4.52. The van der Waals surface area contributed by atoms with E-state index in [9.17, 15) is 0 Å². The molecule has 0 unspecified atom stereocenters. The fourth-order valence-electron chi connectivity index (χ4n) is 2.89. The zero-order chi connectivity index (χ0) is 18.1. The van der Waals surface area contributed by atoms with Crippen molar-refractivity contribution in [2.24, 2.45) is 0 Å². The number of fused-ring (bicyclic) bond motifs is 1. The number of hydrogen-bond donors (Lipinski definition) is 1. The van der Waals surface area contributed by atoms with Gasteiger partial charge in [0.15, 0.2) is 0 Å². The number of H-pyrrole nitrogens is 1. The van der Waals surface area contributed by atoms with E-state index in [0.29, 0.717) is 6.61 Å². The van der Waals surface area contributed by atoms with Crippen LogP contribution < -0.4 is 4.74 Å². The second kappa shape index (κ2) is 6.85. The second-order valence-corrected chi connectivity index (χ2v) is 6.92. The number of imidazole rings is 1. The molecular formula is C22H19ClN2O. The number of aromatic nitrogens is 2. The quantitative estimate of drug-likeness (QED) is 0.477. The molecule has 0 atom stereocenters. The Kier molecular flexibility index (Phi) is 4.39. The monoisotopic (exact) mass is 362 g/mol. The van der Waals surface area contributed by atoms with Crippen molar-refractivity contribution in [1.82, 2.24) is 9.97 Å². The summed E-state index contributed by atoms with van der Waals surface area (Å²) in [6.45, 7) is 4.72. The summed E-state index contributed by atoms with van der Waals surface area (Å²) in [5, 5.41) is 0.728. The Labute approximate surface area is 157 Å². The molecule has 0 aliphatic rings. The lowest BCUT2D eigenvalue weighted by molar-refractivity contribution is 0.306. The van der Waals surface area contributed by atoms with E-state index < -0.39 is 0 Å². The Morgan fingerprint density at radius 3 is 2.54 bits per heavy atom. The fraction of sp³-hybridized carbons (Fsp3) is 0.136. The predicted octanol–water partition coefficient (Wildman–Crippen LogP) is 6.08. The van der Waals surface area contributed by atoms with Crippen LogP contribution in [0, 0.1) is 13.8 Å². The highest BCUT2D eigenvalue weighted by Gasteiger charge is 2.08. The summed E-state index contributed by atoms with van der Waals surface area (Å²) in [5.74, 6) is 1.66. The molecule has 3 aromatic carbocycles. The van der Waals surface area contributed by atoms with Crippen LogP contribution in [-0.2, 0) is 6.61 Å². The van der Waals surface area contributed by atoms with Crippen LogP contribution in [-0.4, -0.2) is 9.97 Å². The van der Waals surface area contributed by atoms with Crippen LogP contribution in [0.15, 0.2) is 60.7 Å². The lowest BCUT2D eigenvalue weighted by Gasteiger charge is -2.07. The number of benzene rings is 3. The molecule has 4 rings (SSSR count). The van der Waals surface area contributed by atoms with Gasteiger partial charge in [-0.1, -0.05) is 35.9 Å². The third-order valence-corrected chi connectivity index (χ3v) is 4.78. The van der Waals surface area contributed by atoms with E-state index in [2.05, 4.69) is 31.0 Å². The van der Waals surface area contributed by atoms with Crippen molar-refractivity contribution in [3.63, 3.8) is 0 Å². The van der Waals surface area contributed by atoms with Gasteiger partial charge in [0.05, 0.1) is 11.0 Å². The van der Waals surface area contributed by atoms with Crippen LogP contribution in [0.5, 0.6) is 5.75 Å². The summed E-state index contributed by atoms with van der Waals surface area (Å²) in [5.41, 5.74) is 6.62. The van der Waals surface area contributed by atoms with Crippen molar-refractivity contribution in [1.29, 1.82) is 0 Å². The molecule has 3 nitrogen and oxygen atoms in total. The summed E-state index contributed by atoms with van der Waals surface area (Å²) in [6, 6.07) is 19.9.